The molecule has 0 aliphatic heterocycles. The van der Waals surface area contributed by atoms with Crippen LogP contribution in [0.2, 0.25) is 0 Å². The van der Waals surface area contributed by atoms with Crippen LogP contribution in [-0.4, -0.2) is 0 Å². The van der Waals surface area contributed by atoms with Crippen molar-refractivity contribution in [2.24, 2.45) is 0 Å². The summed E-state index contributed by atoms with van der Waals surface area (Å²) in [5.74, 6) is 0. The zero-order valence-electron chi connectivity index (χ0n) is 12.0. The molecule has 0 unspecified atom stereocenters. The van der Waals surface area contributed by atoms with Crippen LogP contribution in [0.4, 0.5) is 0 Å². The van der Waals surface area contributed by atoms with E-state index in [1.807, 2.05) is 55.5 Å². The van der Waals surface area contributed by atoms with E-state index in [4.69, 9.17) is 9.68 Å². The summed E-state index contributed by atoms with van der Waals surface area (Å²) >= 11 is 0. The number of nitriles is 1. The van der Waals surface area contributed by atoms with E-state index in [9.17, 15) is 4.79 Å². The molecule has 0 fully saturated rings. The molecule has 1 aromatic heterocycles. The lowest BCUT2D eigenvalue weighted by molar-refractivity contribution is 0.560. The molecule has 0 aliphatic carbocycles. The van der Waals surface area contributed by atoms with Crippen LogP contribution >= 0.6 is 0 Å². The fourth-order valence-electron chi connectivity index (χ4n) is 2.38. The number of benzene rings is 2. The van der Waals surface area contributed by atoms with Gasteiger partial charge in [-0.25, -0.2) is 4.79 Å². The fraction of sp³-hybridized carbons (Fsp3) is 0.0526. The summed E-state index contributed by atoms with van der Waals surface area (Å²) in [6.07, 6.45) is 3.78. The molecule has 3 heteroatoms. The van der Waals surface area contributed by atoms with Crippen molar-refractivity contribution in [3.63, 3.8) is 0 Å². The summed E-state index contributed by atoms with van der Waals surface area (Å²) in [5.41, 5.74) is 3.52. The lowest BCUT2D eigenvalue weighted by Gasteiger charge is -2.02. The van der Waals surface area contributed by atoms with Gasteiger partial charge in [0.2, 0.25) is 0 Å². The van der Waals surface area contributed by atoms with Gasteiger partial charge in [0.15, 0.2) is 0 Å². The number of rotatable bonds is 2. The van der Waals surface area contributed by atoms with Gasteiger partial charge in [-0.3, -0.25) is 0 Å². The van der Waals surface area contributed by atoms with Crippen LogP contribution < -0.4 is 5.63 Å². The molecule has 1 heterocycles. The second-order valence-electron chi connectivity index (χ2n) is 5.04. The van der Waals surface area contributed by atoms with Crippen molar-refractivity contribution in [1.29, 1.82) is 5.26 Å². The molecule has 0 saturated carbocycles. The van der Waals surface area contributed by atoms with Gasteiger partial charge < -0.3 is 4.42 Å². The SMILES string of the molecule is Cc1cc(=O)oc2cc(/C=C/c3ccccc3C#N)ccc12. The van der Waals surface area contributed by atoms with Crippen molar-refractivity contribution in [3.05, 3.63) is 81.2 Å². The topological polar surface area (TPSA) is 54.0 Å². The van der Waals surface area contributed by atoms with Crippen LogP contribution in [0.15, 0.2) is 57.7 Å². The minimum absolute atomic E-state index is 0.346. The molecule has 106 valence electrons. The standard InChI is InChI=1S/C19H13NO2/c1-13-10-19(21)22-18-11-14(7-9-17(13)18)6-8-15-4-2-3-5-16(15)12-20/h2-11H,1H3/b8-6+. The molecule has 0 atom stereocenters. The molecule has 0 saturated heterocycles. The summed E-state index contributed by atoms with van der Waals surface area (Å²) in [6, 6.07) is 16.8. The Morgan fingerprint density at radius 3 is 2.73 bits per heavy atom. The number of hydrogen-bond acceptors (Lipinski definition) is 3. The van der Waals surface area contributed by atoms with Crippen molar-refractivity contribution < 1.29 is 4.42 Å². The molecule has 0 radical (unpaired) electrons. The van der Waals surface area contributed by atoms with E-state index in [-0.39, 0.29) is 5.63 Å². The maximum atomic E-state index is 11.5. The van der Waals surface area contributed by atoms with E-state index in [0.717, 1.165) is 22.1 Å². The third-order valence-electron chi connectivity index (χ3n) is 3.51. The molecular formula is C19H13NO2. The molecule has 0 amide bonds. The minimum atomic E-state index is -0.346. The van der Waals surface area contributed by atoms with Gasteiger partial charge in [-0.05, 0) is 35.7 Å². The molecule has 0 N–H and O–H groups in total. The predicted molar refractivity (Wildman–Crippen MR) is 87.3 cm³/mol. The Labute approximate surface area is 127 Å². The van der Waals surface area contributed by atoms with Gasteiger partial charge in [-0.2, -0.15) is 5.26 Å². The Balaban J connectivity index is 2.03. The van der Waals surface area contributed by atoms with Crippen LogP contribution in [0, 0.1) is 18.3 Å². The van der Waals surface area contributed by atoms with Gasteiger partial charge in [0, 0.05) is 11.5 Å². The van der Waals surface area contributed by atoms with Gasteiger partial charge in [-0.1, -0.05) is 42.5 Å². The Hall–Kier alpha value is -3.12. The number of hydrogen-bond donors (Lipinski definition) is 0. The quantitative estimate of drug-likeness (QED) is 0.525. The van der Waals surface area contributed by atoms with Crippen LogP contribution in [0.3, 0.4) is 0 Å². The second-order valence-corrected chi connectivity index (χ2v) is 5.04. The van der Waals surface area contributed by atoms with E-state index < -0.39 is 0 Å². The number of fused-ring (bicyclic) bond motifs is 1. The van der Waals surface area contributed by atoms with Crippen LogP contribution in [0.25, 0.3) is 23.1 Å². The lowest BCUT2D eigenvalue weighted by atomic mass is 10.1. The second kappa shape index (κ2) is 5.71. The maximum Gasteiger partial charge on any atom is 0.336 e. The Morgan fingerprint density at radius 1 is 1.09 bits per heavy atom. The molecular weight excluding hydrogens is 274 g/mol. The van der Waals surface area contributed by atoms with Gasteiger partial charge in [0.25, 0.3) is 0 Å². The van der Waals surface area contributed by atoms with E-state index in [2.05, 4.69) is 6.07 Å². The lowest BCUT2D eigenvalue weighted by Crippen LogP contribution is -1.97. The summed E-state index contributed by atoms with van der Waals surface area (Å²) in [6.45, 7) is 1.89. The highest BCUT2D eigenvalue weighted by Crippen LogP contribution is 2.20. The third-order valence-corrected chi connectivity index (χ3v) is 3.51. The van der Waals surface area contributed by atoms with Crippen molar-refractivity contribution in [1.82, 2.24) is 0 Å². The van der Waals surface area contributed by atoms with E-state index >= 15 is 0 Å². The van der Waals surface area contributed by atoms with Crippen molar-refractivity contribution >= 4 is 23.1 Å². The van der Waals surface area contributed by atoms with Crippen molar-refractivity contribution in [2.75, 3.05) is 0 Å². The first-order chi connectivity index (χ1) is 10.7. The monoisotopic (exact) mass is 287 g/mol. The fourth-order valence-corrected chi connectivity index (χ4v) is 2.38. The highest BCUT2D eigenvalue weighted by molar-refractivity contribution is 5.84. The molecule has 0 aliphatic rings. The highest BCUT2D eigenvalue weighted by Gasteiger charge is 2.02. The molecule has 3 nitrogen and oxygen atoms in total. The third kappa shape index (κ3) is 2.68. The van der Waals surface area contributed by atoms with Crippen LogP contribution in [0.5, 0.6) is 0 Å². The van der Waals surface area contributed by atoms with Crippen molar-refractivity contribution in [2.45, 2.75) is 6.92 Å². The Morgan fingerprint density at radius 2 is 1.91 bits per heavy atom. The smallest absolute Gasteiger partial charge is 0.336 e. The molecule has 22 heavy (non-hydrogen) atoms. The van der Waals surface area contributed by atoms with Crippen LogP contribution in [-0.2, 0) is 0 Å². The van der Waals surface area contributed by atoms with Gasteiger partial charge in [0.1, 0.15) is 5.58 Å². The summed E-state index contributed by atoms with van der Waals surface area (Å²) in [7, 11) is 0. The molecule has 0 bridgehead atoms. The maximum absolute atomic E-state index is 11.5. The normalized spacial score (nSPS) is 10.9. The van der Waals surface area contributed by atoms with Crippen molar-refractivity contribution in [3.8, 4) is 6.07 Å². The molecule has 3 rings (SSSR count). The number of nitrogens with zero attached hydrogens (tertiary/aromatic N) is 1. The largest absolute Gasteiger partial charge is 0.423 e. The van der Waals surface area contributed by atoms with Gasteiger partial charge in [-0.15, -0.1) is 0 Å². The average molecular weight is 287 g/mol. The summed E-state index contributed by atoms with van der Waals surface area (Å²) in [4.78, 5) is 11.5. The zero-order valence-corrected chi connectivity index (χ0v) is 12.0. The molecule has 0 spiro atoms. The van der Waals surface area contributed by atoms with Gasteiger partial charge in [0.05, 0.1) is 11.6 Å². The molecule has 3 aromatic rings. The Bertz CT molecular complexity index is 975. The first-order valence-electron chi connectivity index (χ1n) is 6.89. The average Bonchev–Trinajstić information content (AvgIpc) is 2.52. The number of aryl methyl sites for hydroxylation is 1. The predicted octanol–water partition coefficient (Wildman–Crippen LogP) is 4.14. The Kier molecular flexibility index (Phi) is 3.59. The first kappa shape index (κ1) is 13.8. The van der Waals surface area contributed by atoms with E-state index in [1.165, 1.54) is 6.07 Å². The summed E-state index contributed by atoms with van der Waals surface area (Å²) < 4.78 is 5.24. The highest BCUT2D eigenvalue weighted by atomic mass is 16.4. The van der Waals surface area contributed by atoms with E-state index in [0.29, 0.717) is 11.1 Å². The first-order valence-corrected chi connectivity index (χ1v) is 6.89. The minimum Gasteiger partial charge on any atom is -0.423 e. The summed E-state index contributed by atoms with van der Waals surface area (Å²) in [5, 5.41) is 10.0. The van der Waals surface area contributed by atoms with E-state index in [1.54, 1.807) is 6.07 Å². The van der Waals surface area contributed by atoms with Gasteiger partial charge >= 0.3 is 5.63 Å². The van der Waals surface area contributed by atoms with Crippen LogP contribution in [0.1, 0.15) is 22.3 Å². The zero-order chi connectivity index (χ0) is 15.5. The molecule has 2 aromatic carbocycles.